The molecule has 0 unspecified atom stereocenters. The van der Waals surface area contributed by atoms with Crippen molar-refractivity contribution in [3.63, 3.8) is 0 Å². The molecule has 1 saturated heterocycles. The van der Waals surface area contributed by atoms with E-state index in [2.05, 4.69) is 20.7 Å². The monoisotopic (exact) mass is 332 g/mol. The summed E-state index contributed by atoms with van der Waals surface area (Å²) in [6.07, 6.45) is 0. The lowest BCUT2D eigenvalue weighted by Gasteiger charge is -2.15. The van der Waals surface area contributed by atoms with Crippen LogP contribution in [0.1, 0.15) is 19.4 Å². The first-order chi connectivity index (χ1) is 11.3. The molecule has 24 heavy (non-hydrogen) atoms. The number of aryl methyl sites for hydroxylation is 1. The summed E-state index contributed by atoms with van der Waals surface area (Å²) in [5.74, 6) is -0.232. The van der Waals surface area contributed by atoms with E-state index in [0.717, 1.165) is 4.90 Å². The summed E-state index contributed by atoms with van der Waals surface area (Å²) in [7, 11) is 0. The minimum Gasteiger partial charge on any atom is -0.324 e. The number of amides is 3. The van der Waals surface area contributed by atoms with Crippen LogP contribution in [-0.4, -0.2) is 49.1 Å². The number of hydrogen-bond acceptors (Lipinski definition) is 5. The Kier molecular flexibility index (Phi) is 3.78. The zero-order chi connectivity index (χ0) is 17.5. The van der Waals surface area contributed by atoms with Crippen molar-refractivity contribution >= 4 is 11.9 Å². The molecule has 1 aromatic heterocycles. The first-order valence-electron chi connectivity index (χ1n) is 7.46. The Hall–Kier alpha value is -2.84. The molecule has 1 N–H and O–H groups in total. The highest BCUT2D eigenvalue weighted by Gasteiger charge is 2.43. The average Bonchev–Trinajstić information content (AvgIpc) is 3.05. The predicted octanol–water partition coefficient (Wildman–Crippen LogP) is 1.12. The van der Waals surface area contributed by atoms with Gasteiger partial charge in [0, 0.05) is 5.56 Å². The quantitative estimate of drug-likeness (QED) is 0.847. The lowest BCUT2D eigenvalue weighted by molar-refractivity contribution is -0.130. The highest BCUT2D eigenvalue weighted by atomic mass is 19.1. The fraction of sp³-hybridized carbons (Fsp3) is 0.400. The van der Waals surface area contributed by atoms with E-state index >= 15 is 0 Å². The van der Waals surface area contributed by atoms with Crippen LogP contribution in [0.4, 0.5) is 9.18 Å². The van der Waals surface area contributed by atoms with Crippen molar-refractivity contribution < 1.29 is 14.0 Å². The van der Waals surface area contributed by atoms with Gasteiger partial charge in [-0.25, -0.2) is 9.18 Å². The van der Waals surface area contributed by atoms with Gasteiger partial charge in [-0.1, -0.05) is 0 Å². The second kappa shape index (κ2) is 5.66. The van der Waals surface area contributed by atoms with Crippen molar-refractivity contribution in [2.45, 2.75) is 32.9 Å². The van der Waals surface area contributed by atoms with E-state index < -0.39 is 11.6 Å². The van der Waals surface area contributed by atoms with Gasteiger partial charge in [-0.05, 0) is 49.7 Å². The summed E-state index contributed by atoms with van der Waals surface area (Å²) in [6.45, 7) is 5.32. The molecule has 0 atom stereocenters. The summed E-state index contributed by atoms with van der Waals surface area (Å²) >= 11 is 0. The Balaban J connectivity index is 1.70. The van der Waals surface area contributed by atoms with Crippen molar-refractivity contribution in [2.24, 2.45) is 0 Å². The van der Waals surface area contributed by atoms with Crippen LogP contribution >= 0.6 is 0 Å². The molecule has 3 rings (SSSR count). The van der Waals surface area contributed by atoms with E-state index in [1.54, 1.807) is 32.9 Å². The predicted molar refractivity (Wildman–Crippen MR) is 82.3 cm³/mol. The topological polar surface area (TPSA) is 93.0 Å². The van der Waals surface area contributed by atoms with Crippen molar-refractivity contribution in [1.82, 2.24) is 30.4 Å². The normalized spacial score (nSPS) is 16.6. The third kappa shape index (κ3) is 2.84. The Labute approximate surface area is 137 Å². The number of urea groups is 1. The lowest BCUT2D eigenvalue weighted by Crippen LogP contribution is -2.40. The van der Waals surface area contributed by atoms with Crippen molar-refractivity contribution in [2.75, 3.05) is 6.54 Å². The van der Waals surface area contributed by atoms with Crippen LogP contribution in [0.25, 0.3) is 11.4 Å². The van der Waals surface area contributed by atoms with Gasteiger partial charge in [0.15, 0.2) is 0 Å². The molecule has 126 valence electrons. The van der Waals surface area contributed by atoms with E-state index in [-0.39, 0.29) is 24.8 Å². The molecule has 0 aliphatic carbocycles. The van der Waals surface area contributed by atoms with Crippen LogP contribution in [0.5, 0.6) is 0 Å². The summed E-state index contributed by atoms with van der Waals surface area (Å²) in [6, 6.07) is 4.13. The number of carbonyl (C=O) groups is 2. The maximum atomic E-state index is 13.3. The van der Waals surface area contributed by atoms with Crippen molar-refractivity contribution in [1.29, 1.82) is 0 Å². The Morgan fingerprint density at radius 2 is 2.00 bits per heavy atom. The molecule has 8 nitrogen and oxygen atoms in total. The smallest absolute Gasteiger partial charge is 0.324 e. The zero-order valence-corrected chi connectivity index (χ0v) is 13.6. The molecule has 0 saturated carbocycles. The summed E-state index contributed by atoms with van der Waals surface area (Å²) in [5.41, 5.74) is 0.241. The molecule has 1 aliphatic rings. The zero-order valence-electron chi connectivity index (χ0n) is 13.6. The maximum absolute atomic E-state index is 13.3. The summed E-state index contributed by atoms with van der Waals surface area (Å²) in [4.78, 5) is 26.3. The number of nitrogens with one attached hydrogen (secondary N) is 1. The van der Waals surface area contributed by atoms with Crippen LogP contribution in [0.15, 0.2) is 18.2 Å². The second-order valence-corrected chi connectivity index (χ2v) is 6.18. The highest BCUT2D eigenvalue weighted by Crippen LogP contribution is 2.18. The number of nitrogens with zero attached hydrogens (tertiary/aromatic N) is 5. The Morgan fingerprint density at radius 3 is 2.62 bits per heavy atom. The Morgan fingerprint density at radius 1 is 1.25 bits per heavy atom. The molecule has 1 fully saturated rings. The molecule has 2 heterocycles. The molecule has 3 amide bonds. The third-order valence-corrected chi connectivity index (χ3v) is 3.84. The van der Waals surface area contributed by atoms with Crippen LogP contribution in [-0.2, 0) is 11.3 Å². The Bertz CT molecular complexity index is 816. The molecule has 9 heteroatoms. The lowest BCUT2D eigenvalue weighted by atomic mass is 10.1. The standard InChI is InChI=1S/C15H17FN6O2/c1-9-8-10(4-5-11(9)16)12-18-20-22(19-12)7-6-21-13(23)15(2,3)17-14(21)24/h4-5,8H,6-7H2,1-3H3,(H,17,24). The molecule has 1 aliphatic heterocycles. The van der Waals surface area contributed by atoms with Crippen molar-refractivity contribution in [3.8, 4) is 11.4 Å². The van der Waals surface area contributed by atoms with Gasteiger partial charge in [0.2, 0.25) is 5.82 Å². The van der Waals surface area contributed by atoms with Gasteiger partial charge in [-0.2, -0.15) is 4.80 Å². The van der Waals surface area contributed by atoms with Gasteiger partial charge in [-0.3, -0.25) is 9.69 Å². The highest BCUT2D eigenvalue weighted by molar-refractivity contribution is 6.06. The fourth-order valence-corrected chi connectivity index (χ4v) is 2.45. The van der Waals surface area contributed by atoms with E-state index in [0.29, 0.717) is 17.0 Å². The van der Waals surface area contributed by atoms with E-state index in [1.807, 2.05) is 0 Å². The number of carbonyl (C=O) groups excluding carboxylic acids is 2. The van der Waals surface area contributed by atoms with Crippen molar-refractivity contribution in [3.05, 3.63) is 29.6 Å². The molecular formula is C15H17FN6O2. The van der Waals surface area contributed by atoms with E-state index in [1.165, 1.54) is 10.9 Å². The molecule has 1 aromatic carbocycles. The van der Waals surface area contributed by atoms with Crippen LogP contribution < -0.4 is 5.32 Å². The molecule has 2 aromatic rings. The fourth-order valence-electron chi connectivity index (χ4n) is 2.45. The summed E-state index contributed by atoms with van der Waals surface area (Å²) in [5, 5.41) is 14.6. The number of hydrogen-bond donors (Lipinski definition) is 1. The number of benzene rings is 1. The number of aromatic nitrogens is 4. The second-order valence-electron chi connectivity index (χ2n) is 6.18. The van der Waals surface area contributed by atoms with Gasteiger partial charge in [0.25, 0.3) is 5.91 Å². The van der Waals surface area contributed by atoms with Crippen LogP contribution in [0, 0.1) is 12.7 Å². The largest absolute Gasteiger partial charge is 0.325 e. The average molecular weight is 332 g/mol. The van der Waals surface area contributed by atoms with Gasteiger partial charge in [0.1, 0.15) is 11.4 Å². The number of imide groups is 1. The first-order valence-corrected chi connectivity index (χ1v) is 7.46. The van der Waals surface area contributed by atoms with Gasteiger partial charge < -0.3 is 5.32 Å². The van der Waals surface area contributed by atoms with E-state index in [9.17, 15) is 14.0 Å². The minimum atomic E-state index is -0.899. The molecular weight excluding hydrogens is 315 g/mol. The molecule has 0 radical (unpaired) electrons. The maximum Gasteiger partial charge on any atom is 0.325 e. The molecule has 0 bridgehead atoms. The van der Waals surface area contributed by atoms with Crippen LogP contribution in [0.2, 0.25) is 0 Å². The first kappa shape index (κ1) is 16.0. The van der Waals surface area contributed by atoms with E-state index in [4.69, 9.17) is 0 Å². The summed E-state index contributed by atoms with van der Waals surface area (Å²) < 4.78 is 13.3. The SMILES string of the molecule is Cc1cc(-c2nnn(CCN3C(=O)NC(C)(C)C3=O)n2)ccc1F. The van der Waals surface area contributed by atoms with Gasteiger partial charge in [0.05, 0.1) is 13.1 Å². The number of halogens is 1. The van der Waals surface area contributed by atoms with Gasteiger partial charge in [-0.15, -0.1) is 10.2 Å². The minimum absolute atomic E-state index is 0.145. The number of tetrazole rings is 1. The molecule has 0 spiro atoms. The number of rotatable bonds is 4. The van der Waals surface area contributed by atoms with Crippen LogP contribution in [0.3, 0.4) is 0 Å². The third-order valence-electron chi connectivity index (χ3n) is 3.84. The van der Waals surface area contributed by atoms with Gasteiger partial charge >= 0.3 is 6.03 Å².